The molecule has 1 aromatic rings. The number of hydrazine groups is 1. The van der Waals surface area contributed by atoms with Crippen LogP contribution in [0.15, 0.2) is 24.3 Å². The molecule has 5 heteroatoms. The number of carbonyl (C=O) groups excluding carboxylic acids is 1. The lowest BCUT2D eigenvalue weighted by Gasteiger charge is -2.19. The van der Waals surface area contributed by atoms with Gasteiger partial charge in [-0.25, -0.2) is 5.84 Å². The monoisotopic (exact) mass is 252 g/mol. The van der Waals surface area contributed by atoms with Gasteiger partial charge in [0.2, 0.25) is 0 Å². The van der Waals surface area contributed by atoms with Gasteiger partial charge in [0.15, 0.2) is 0 Å². The van der Waals surface area contributed by atoms with Crippen molar-refractivity contribution in [2.45, 2.75) is 32.6 Å². The second-order valence-electron chi connectivity index (χ2n) is 4.97. The molecule has 1 rings (SSSR count). The van der Waals surface area contributed by atoms with E-state index < -0.39 is 5.97 Å². The van der Waals surface area contributed by atoms with E-state index in [4.69, 9.17) is 10.6 Å². The molecule has 0 unspecified atom stereocenters. The van der Waals surface area contributed by atoms with Crippen LogP contribution >= 0.6 is 0 Å². The molecule has 0 heterocycles. The predicted octanol–water partition coefficient (Wildman–Crippen LogP) is 1.67. The summed E-state index contributed by atoms with van der Waals surface area (Å²) in [4.78, 5) is 15.4. The van der Waals surface area contributed by atoms with Crippen LogP contribution in [0.1, 0.15) is 32.8 Å². The Hall–Kier alpha value is -1.59. The van der Waals surface area contributed by atoms with Crippen molar-refractivity contribution in [2.75, 3.05) is 6.61 Å². The molecule has 0 aromatic heterocycles. The smallest absolute Gasteiger partial charge is 0.329 e. The minimum absolute atomic E-state index is 0.0712. The molecule has 1 aromatic carbocycles. The van der Waals surface area contributed by atoms with Gasteiger partial charge in [-0.1, -0.05) is 38.5 Å². The number of ether oxygens (including phenoxy) is 1. The standard InChI is InChI=1S/C13H20N2O3/c1-13(2,3)10-5-4-6-11(9-10)17-8-7-12(16)18-15-14/h4-6,9,15H,7-8,14H2,1-3H3. The molecule has 0 aliphatic rings. The summed E-state index contributed by atoms with van der Waals surface area (Å²) < 4.78 is 5.49. The summed E-state index contributed by atoms with van der Waals surface area (Å²) in [6.07, 6.45) is 0.143. The molecule has 0 saturated carbocycles. The van der Waals surface area contributed by atoms with Crippen LogP contribution in [0, 0.1) is 0 Å². The molecule has 0 amide bonds. The number of carbonyl (C=O) groups is 1. The topological polar surface area (TPSA) is 73.6 Å². The number of hydrogen-bond acceptors (Lipinski definition) is 5. The van der Waals surface area contributed by atoms with Crippen LogP contribution in [0.5, 0.6) is 5.75 Å². The van der Waals surface area contributed by atoms with E-state index >= 15 is 0 Å². The SMILES string of the molecule is CC(C)(C)c1cccc(OCCC(=O)ONN)c1. The van der Waals surface area contributed by atoms with Crippen molar-refractivity contribution in [2.24, 2.45) is 5.84 Å². The van der Waals surface area contributed by atoms with Crippen LogP contribution in [0.3, 0.4) is 0 Å². The van der Waals surface area contributed by atoms with Gasteiger partial charge in [0, 0.05) is 0 Å². The lowest BCUT2D eigenvalue weighted by molar-refractivity contribution is -0.151. The van der Waals surface area contributed by atoms with Gasteiger partial charge in [-0.2, -0.15) is 0 Å². The van der Waals surface area contributed by atoms with E-state index in [1.807, 2.05) is 23.8 Å². The molecular formula is C13H20N2O3. The Labute approximate surface area is 107 Å². The lowest BCUT2D eigenvalue weighted by atomic mass is 9.87. The molecule has 100 valence electrons. The zero-order valence-corrected chi connectivity index (χ0v) is 11.0. The summed E-state index contributed by atoms with van der Waals surface area (Å²) in [6, 6.07) is 7.84. The van der Waals surface area contributed by atoms with Gasteiger partial charge in [-0.05, 0) is 23.1 Å². The summed E-state index contributed by atoms with van der Waals surface area (Å²) >= 11 is 0. The molecule has 0 spiro atoms. The maximum Gasteiger partial charge on any atom is 0.329 e. The first-order valence-corrected chi connectivity index (χ1v) is 5.82. The van der Waals surface area contributed by atoms with E-state index in [9.17, 15) is 4.79 Å². The van der Waals surface area contributed by atoms with Crippen molar-refractivity contribution in [1.29, 1.82) is 0 Å². The second kappa shape index (κ2) is 6.37. The second-order valence-corrected chi connectivity index (χ2v) is 4.97. The minimum Gasteiger partial charge on any atom is -0.493 e. The molecular weight excluding hydrogens is 232 g/mol. The molecule has 0 bridgehead atoms. The van der Waals surface area contributed by atoms with Crippen LogP contribution in [-0.2, 0) is 15.0 Å². The highest BCUT2D eigenvalue weighted by Gasteiger charge is 2.14. The van der Waals surface area contributed by atoms with E-state index in [1.165, 1.54) is 5.56 Å². The molecule has 5 nitrogen and oxygen atoms in total. The zero-order valence-electron chi connectivity index (χ0n) is 11.0. The normalized spacial score (nSPS) is 11.1. The number of hydrogen-bond donors (Lipinski definition) is 2. The third-order valence-electron chi connectivity index (χ3n) is 2.45. The Balaban J connectivity index is 2.51. The van der Waals surface area contributed by atoms with E-state index in [1.54, 1.807) is 0 Å². The average Bonchev–Trinajstić information content (AvgIpc) is 2.29. The Kier molecular flexibility index (Phi) is 5.12. The molecule has 3 N–H and O–H groups in total. The zero-order chi connectivity index (χ0) is 13.6. The van der Waals surface area contributed by atoms with Crippen molar-refractivity contribution in [1.82, 2.24) is 5.59 Å². The van der Waals surface area contributed by atoms with Gasteiger partial charge in [0.1, 0.15) is 5.75 Å². The summed E-state index contributed by atoms with van der Waals surface area (Å²) in [5.74, 6) is 5.14. The summed E-state index contributed by atoms with van der Waals surface area (Å²) in [7, 11) is 0. The van der Waals surface area contributed by atoms with Crippen LogP contribution in [0.4, 0.5) is 0 Å². The minimum atomic E-state index is -0.454. The molecule has 0 fully saturated rings. The van der Waals surface area contributed by atoms with E-state index in [-0.39, 0.29) is 18.4 Å². The van der Waals surface area contributed by atoms with Crippen molar-refractivity contribution in [3.8, 4) is 5.75 Å². The van der Waals surface area contributed by atoms with E-state index in [2.05, 4.69) is 31.7 Å². The average molecular weight is 252 g/mol. The van der Waals surface area contributed by atoms with Gasteiger partial charge < -0.3 is 9.57 Å². The van der Waals surface area contributed by atoms with Crippen molar-refractivity contribution in [3.63, 3.8) is 0 Å². The molecule has 0 aliphatic carbocycles. The highest BCUT2D eigenvalue weighted by molar-refractivity contribution is 5.69. The van der Waals surface area contributed by atoms with Crippen LogP contribution in [0.2, 0.25) is 0 Å². The summed E-state index contributed by atoms with van der Waals surface area (Å²) in [5.41, 5.74) is 3.10. The van der Waals surface area contributed by atoms with Crippen molar-refractivity contribution >= 4 is 5.97 Å². The van der Waals surface area contributed by atoms with Gasteiger partial charge in [0.05, 0.1) is 13.0 Å². The summed E-state index contributed by atoms with van der Waals surface area (Å²) in [6.45, 7) is 6.66. The summed E-state index contributed by atoms with van der Waals surface area (Å²) in [5, 5.41) is 0. The maximum atomic E-state index is 11.0. The van der Waals surface area contributed by atoms with Gasteiger partial charge in [-0.3, -0.25) is 4.79 Å². The fourth-order valence-corrected chi connectivity index (χ4v) is 1.42. The number of benzene rings is 1. The first kappa shape index (κ1) is 14.5. The largest absolute Gasteiger partial charge is 0.493 e. The van der Waals surface area contributed by atoms with Gasteiger partial charge in [0.25, 0.3) is 0 Å². The molecule has 0 radical (unpaired) electrons. The first-order valence-electron chi connectivity index (χ1n) is 5.82. The molecule has 18 heavy (non-hydrogen) atoms. The van der Waals surface area contributed by atoms with Crippen molar-refractivity contribution < 1.29 is 14.4 Å². The van der Waals surface area contributed by atoms with Crippen LogP contribution in [-0.4, -0.2) is 12.6 Å². The highest BCUT2D eigenvalue weighted by atomic mass is 16.7. The van der Waals surface area contributed by atoms with Crippen LogP contribution < -0.4 is 16.2 Å². The third kappa shape index (κ3) is 4.73. The Morgan fingerprint density at radius 2 is 2.11 bits per heavy atom. The fourth-order valence-electron chi connectivity index (χ4n) is 1.42. The predicted molar refractivity (Wildman–Crippen MR) is 68.7 cm³/mol. The Bertz CT molecular complexity index is 399. The Morgan fingerprint density at radius 1 is 1.39 bits per heavy atom. The van der Waals surface area contributed by atoms with E-state index in [0.717, 1.165) is 5.75 Å². The fraction of sp³-hybridized carbons (Fsp3) is 0.462. The molecule has 0 aliphatic heterocycles. The van der Waals surface area contributed by atoms with Crippen molar-refractivity contribution in [3.05, 3.63) is 29.8 Å². The lowest BCUT2D eigenvalue weighted by Crippen LogP contribution is -2.26. The number of nitrogens with two attached hydrogens (primary N) is 1. The maximum absolute atomic E-state index is 11.0. The molecule has 0 saturated heterocycles. The molecule has 0 atom stereocenters. The highest BCUT2D eigenvalue weighted by Crippen LogP contribution is 2.25. The van der Waals surface area contributed by atoms with Gasteiger partial charge >= 0.3 is 5.97 Å². The third-order valence-corrected chi connectivity index (χ3v) is 2.45. The first-order chi connectivity index (χ1) is 8.43. The van der Waals surface area contributed by atoms with Gasteiger partial charge in [-0.15, -0.1) is 0 Å². The number of nitrogens with one attached hydrogen (secondary N) is 1. The Morgan fingerprint density at radius 3 is 2.72 bits per heavy atom. The van der Waals surface area contributed by atoms with E-state index in [0.29, 0.717) is 0 Å². The van der Waals surface area contributed by atoms with Crippen LogP contribution in [0.25, 0.3) is 0 Å². The number of rotatable bonds is 5. The quantitative estimate of drug-likeness (QED) is 0.616.